The van der Waals surface area contributed by atoms with E-state index < -0.39 is 17.8 Å². The summed E-state index contributed by atoms with van der Waals surface area (Å²) < 4.78 is 6.55. The van der Waals surface area contributed by atoms with Crippen LogP contribution < -0.4 is 15.4 Å². The fourth-order valence-electron chi connectivity index (χ4n) is 4.70. The number of aromatic nitrogens is 3. The van der Waals surface area contributed by atoms with Gasteiger partial charge in [0.15, 0.2) is 5.65 Å². The van der Waals surface area contributed by atoms with Gasteiger partial charge in [0.25, 0.3) is 11.8 Å². The highest BCUT2D eigenvalue weighted by Crippen LogP contribution is 2.35. The summed E-state index contributed by atoms with van der Waals surface area (Å²) in [6.45, 7) is 2.08. The van der Waals surface area contributed by atoms with E-state index in [0.717, 1.165) is 28.0 Å². The molecule has 0 saturated carbocycles. The zero-order valence-corrected chi connectivity index (χ0v) is 20.3. The summed E-state index contributed by atoms with van der Waals surface area (Å²) in [4.78, 5) is 42.1. The minimum absolute atomic E-state index is 0.0976. The van der Waals surface area contributed by atoms with Crippen LogP contribution in [0.1, 0.15) is 66.1 Å². The van der Waals surface area contributed by atoms with E-state index in [9.17, 15) is 19.5 Å². The zero-order valence-electron chi connectivity index (χ0n) is 20.3. The summed E-state index contributed by atoms with van der Waals surface area (Å²) in [7, 11) is 1.59. The van der Waals surface area contributed by atoms with Crippen molar-refractivity contribution in [3.63, 3.8) is 0 Å². The standard InChI is InChI=1S/C27H25N5O5/c1-15-18-9-10-21(20(18)8-7-19(15)27(35)36)31-26(34)23-13-22(30-24-11-12-29-32(23)24)25(33)28-14-16-3-5-17(37-2)6-4-16/h3-8,11-13,21H,9-10,14H2,1-2H3,(H,28,33)(H,31,34)(H,35,36)/t21-/m0/s1. The van der Waals surface area contributed by atoms with Gasteiger partial charge in [0, 0.05) is 18.7 Å². The van der Waals surface area contributed by atoms with Crippen LogP contribution in [0.5, 0.6) is 5.75 Å². The number of aromatic carboxylic acids is 1. The SMILES string of the molecule is COc1ccc(CNC(=O)c2cc(C(=O)N[C@H]3CCc4c3ccc(C(=O)O)c4C)n3nccc3n2)cc1. The summed E-state index contributed by atoms with van der Waals surface area (Å²) in [5.74, 6) is -1.07. The molecular weight excluding hydrogens is 474 g/mol. The third-order valence-corrected chi connectivity index (χ3v) is 6.67. The molecule has 0 bridgehead atoms. The summed E-state index contributed by atoms with van der Waals surface area (Å²) in [5, 5.41) is 19.5. The van der Waals surface area contributed by atoms with Gasteiger partial charge in [-0.1, -0.05) is 18.2 Å². The number of carboxylic acid groups (broad SMARTS) is 1. The number of fused-ring (bicyclic) bond motifs is 2. The van der Waals surface area contributed by atoms with E-state index >= 15 is 0 Å². The van der Waals surface area contributed by atoms with Crippen molar-refractivity contribution >= 4 is 23.4 Å². The van der Waals surface area contributed by atoms with Crippen LogP contribution in [0, 0.1) is 6.92 Å². The van der Waals surface area contributed by atoms with E-state index in [4.69, 9.17) is 4.74 Å². The first-order valence-electron chi connectivity index (χ1n) is 11.8. The van der Waals surface area contributed by atoms with Crippen LogP contribution in [0.4, 0.5) is 0 Å². The molecule has 1 atom stereocenters. The number of carboxylic acids is 1. The Morgan fingerprint density at radius 1 is 1.11 bits per heavy atom. The zero-order chi connectivity index (χ0) is 26.1. The molecule has 5 rings (SSSR count). The van der Waals surface area contributed by atoms with Gasteiger partial charge in [-0.25, -0.2) is 14.3 Å². The molecule has 2 amide bonds. The van der Waals surface area contributed by atoms with Crippen LogP contribution in [0.2, 0.25) is 0 Å². The van der Waals surface area contributed by atoms with Crippen molar-refractivity contribution in [2.24, 2.45) is 0 Å². The second-order valence-electron chi connectivity index (χ2n) is 8.83. The quantitative estimate of drug-likeness (QED) is 0.356. The number of rotatable bonds is 7. The first-order chi connectivity index (χ1) is 17.9. The van der Waals surface area contributed by atoms with Gasteiger partial charge in [0.05, 0.1) is 24.9 Å². The first-order valence-corrected chi connectivity index (χ1v) is 11.8. The van der Waals surface area contributed by atoms with Crippen LogP contribution in [-0.2, 0) is 13.0 Å². The van der Waals surface area contributed by atoms with E-state index in [-0.39, 0.29) is 29.5 Å². The maximum Gasteiger partial charge on any atom is 0.335 e. The predicted molar refractivity (Wildman–Crippen MR) is 134 cm³/mol. The fraction of sp³-hybridized carbons (Fsp3) is 0.222. The van der Waals surface area contributed by atoms with E-state index in [1.54, 1.807) is 32.2 Å². The van der Waals surface area contributed by atoms with Crippen molar-refractivity contribution in [2.45, 2.75) is 32.4 Å². The molecule has 0 saturated heterocycles. The molecule has 188 valence electrons. The van der Waals surface area contributed by atoms with Crippen LogP contribution in [0.3, 0.4) is 0 Å². The van der Waals surface area contributed by atoms with Crippen molar-refractivity contribution in [2.75, 3.05) is 7.11 Å². The lowest BCUT2D eigenvalue weighted by Gasteiger charge is -2.16. The minimum atomic E-state index is -0.969. The topological polar surface area (TPSA) is 135 Å². The van der Waals surface area contributed by atoms with Gasteiger partial charge in [0.2, 0.25) is 0 Å². The molecule has 10 nitrogen and oxygen atoms in total. The number of nitrogens with one attached hydrogen (secondary N) is 2. The number of amides is 2. The molecule has 10 heteroatoms. The molecule has 3 N–H and O–H groups in total. The number of benzene rings is 2. The molecule has 0 aliphatic heterocycles. The monoisotopic (exact) mass is 499 g/mol. The Labute approximate surface area is 212 Å². The Balaban J connectivity index is 1.36. The smallest absolute Gasteiger partial charge is 0.335 e. The third-order valence-electron chi connectivity index (χ3n) is 6.67. The molecule has 0 fully saturated rings. The molecule has 1 aliphatic carbocycles. The molecule has 2 heterocycles. The molecule has 2 aromatic carbocycles. The first kappa shape index (κ1) is 24.0. The maximum absolute atomic E-state index is 13.4. The fourth-order valence-corrected chi connectivity index (χ4v) is 4.70. The molecule has 1 aliphatic rings. The lowest BCUT2D eigenvalue weighted by molar-refractivity contribution is 0.0695. The Morgan fingerprint density at radius 2 is 1.89 bits per heavy atom. The van der Waals surface area contributed by atoms with Crippen molar-refractivity contribution in [1.29, 1.82) is 0 Å². The predicted octanol–water partition coefficient (Wildman–Crippen LogP) is 3.09. The largest absolute Gasteiger partial charge is 0.497 e. The molecular formula is C27H25N5O5. The number of methoxy groups -OCH3 is 1. The number of hydrogen-bond acceptors (Lipinski definition) is 6. The van der Waals surface area contributed by atoms with Crippen LogP contribution >= 0.6 is 0 Å². The summed E-state index contributed by atoms with van der Waals surface area (Å²) in [6, 6.07) is 13.4. The normalized spacial score (nSPS) is 14.3. The van der Waals surface area contributed by atoms with Gasteiger partial charge >= 0.3 is 5.97 Å². The van der Waals surface area contributed by atoms with Gasteiger partial charge < -0.3 is 20.5 Å². The van der Waals surface area contributed by atoms with Crippen LogP contribution in [0.15, 0.2) is 54.7 Å². The number of carbonyl (C=O) groups excluding carboxylic acids is 2. The highest BCUT2D eigenvalue weighted by molar-refractivity contribution is 5.98. The molecule has 37 heavy (non-hydrogen) atoms. The number of carbonyl (C=O) groups is 3. The lowest BCUT2D eigenvalue weighted by Crippen LogP contribution is -2.30. The van der Waals surface area contributed by atoms with Gasteiger partial charge in [-0.05, 0) is 60.2 Å². The van der Waals surface area contributed by atoms with Gasteiger partial charge in [-0.3, -0.25) is 9.59 Å². The maximum atomic E-state index is 13.4. The average molecular weight is 500 g/mol. The van der Waals surface area contributed by atoms with Gasteiger partial charge in [0.1, 0.15) is 17.1 Å². The van der Waals surface area contributed by atoms with Crippen molar-refractivity contribution in [3.8, 4) is 5.75 Å². The molecule has 0 radical (unpaired) electrons. The van der Waals surface area contributed by atoms with E-state index in [1.807, 2.05) is 24.3 Å². The summed E-state index contributed by atoms with van der Waals surface area (Å²) >= 11 is 0. The van der Waals surface area contributed by atoms with Gasteiger partial charge in [-0.2, -0.15) is 5.10 Å². The van der Waals surface area contributed by atoms with Gasteiger partial charge in [-0.15, -0.1) is 0 Å². The average Bonchev–Trinajstić information content (AvgIpc) is 3.54. The molecule has 2 aromatic heterocycles. The Kier molecular flexibility index (Phi) is 6.31. The van der Waals surface area contributed by atoms with E-state index in [1.165, 1.54) is 16.8 Å². The van der Waals surface area contributed by atoms with Crippen molar-refractivity contribution in [3.05, 3.63) is 93.9 Å². The Morgan fingerprint density at radius 3 is 2.62 bits per heavy atom. The van der Waals surface area contributed by atoms with Crippen LogP contribution in [0.25, 0.3) is 5.65 Å². The van der Waals surface area contributed by atoms with Crippen molar-refractivity contribution in [1.82, 2.24) is 25.2 Å². The number of nitrogens with zero attached hydrogens (tertiary/aromatic N) is 3. The Bertz CT molecular complexity index is 1530. The molecule has 4 aromatic rings. The summed E-state index contributed by atoms with van der Waals surface area (Å²) in [5.41, 5.74) is 4.37. The molecule has 0 spiro atoms. The lowest BCUT2D eigenvalue weighted by atomic mass is 9.98. The third kappa shape index (κ3) is 4.61. The summed E-state index contributed by atoms with van der Waals surface area (Å²) in [6.07, 6.45) is 2.83. The van der Waals surface area contributed by atoms with Crippen LogP contribution in [-0.4, -0.2) is 44.6 Å². The van der Waals surface area contributed by atoms with E-state index in [2.05, 4.69) is 20.7 Å². The number of hydrogen-bond donors (Lipinski definition) is 3. The van der Waals surface area contributed by atoms with Crippen molar-refractivity contribution < 1.29 is 24.2 Å². The Hall–Kier alpha value is -4.73. The number of ether oxygens (including phenoxy) is 1. The highest BCUT2D eigenvalue weighted by atomic mass is 16.5. The minimum Gasteiger partial charge on any atom is -0.497 e. The highest BCUT2D eigenvalue weighted by Gasteiger charge is 2.28. The molecule has 0 unspecified atom stereocenters. The second-order valence-corrected chi connectivity index (χ2v) is 8.83. The van der Waals surface area contributed by atoms with E-state index in [0.29, 0.717) is 18.5 Å². The second kappa shape index (κ2) is 9.73.